The Morgan fingerprint density at radius 2 is 2.00 bits per heavy atom. The Labute approximate surface area is 186 Å². The summed E-state index contributed by atoms with van der Waals surface area (Å²) in [6, 6.07) is 9.85. The summed E-state index contributed by atoms with van der Waals surface area (Å²) in [5.41, 5.74) is 1.27. The second-order valence-electron chi connectivity index (χ2n) is 6.82. The van der Waals surface area contributed by atoms with E-state index in [4.69, 9.17) is 16.3 Å². The molecule has 5 nitrogen and oxygen atoms in total. The van der Waals surface area contributed by atoms with Crippen molar-refractivity contribution in [2.75, 3.05) is 7.11 Å². The van der Waals surface area contributed by atoms with Crippen molar-refractivity contribution in [3.8, 4) is 5.75 Å². The predicted octanol–water partition coefficient (Wildman–Crippen LogP) is 5.40. The number of methoxy groups -OCH3 is 1. The summed E-state index contributed by atoms with van der Waals surface area (Å²) in [5, 5.41) is 15.4. The smallest absolute Gasteiger partial charge is 0.296 e. The SMILES string of the molecule is COc1ccc(Cl)cc1/C(O)=C1\C(=O)C(=O)N(Cc2cccs2)C1c1sccc1C. The molecule has 1 aliphatic heterocycles. The molecule has 30 heavy (non-hydrogen) atoms. The van der Waals surface area contributed by atoms with Crippen LogP contribution < -0.4 is 4.74 Å². The first kappa shape index (κ1) is 20.7. The summed E-state index contributed by atoms with van der Waals surface area (Å²) < 4.78 is 5.35. The number of aryl methyl sites for hydroxylation is 1. The lowest BCUT2D eigenvalue weighted by Gasteiger charge is -2.24. The monoisotopic (exact) mass is 459 g/mol. The molecule has 1 saturated heterocycles. The zero-order valence-electron chi connectivity index (χ0n) is 16.2. The van der Waals surface area contributed by atoms with Crippen molar-refractivity contribution in [3.05, 3.63) is 78.6 Å². The van der Waals surface area contributed by atoms with E-state index in [-0.39, 0.29) is 23.4 Å². The molecule has 8 heteroatoms. The van der Waals surface area contributed by atoms with Gasteiger partial charge in [-0.3, -0.25) is 9.59 Å². The first-order valence-electron chi connectivity index (χ1n) is 9.11. The summed E-state index contributed by atoms with van der Waals surface area (Å²) >= 11 is 9.09. The van der Waals surface area contributed by atoms with E-state index in [1.165, 1.54) is 40.7 Å². The van der Waals surface area contributed by atoms with Crippen molar-refractivity contribution in [2.24, 2.45) is 0 Å². The Morgan fingerprint density at radius 1 is 1.20 bits per heavy atom. The lowest BCUT2D eigenvalue weighted by atomic mass is 9.98. The topological polar surface area (TPSA) is 66.8 Å². The molecule has 1 aliphatic rings. The minimum atomic E-state index is -0.719. The van der Waals surface area contributed by atoms with Crippen LogP contribution in [0, 0.1) is 6.92 Å². The number of benzene rings is 1. The number of aliphatic hydroxyl groups excluding tert-OH is 1. The standard InChI is InChI=1S/C22H18ClNO4S2/c1-12-7-9-30-21(12)18-17(19(25)15-10-13(23)5-6-16(15)28-2)20(26)22(27)24(18)11-14-4-3-8-29-14/h3-10,18,25H,11H2,1-2H3/b19-17+. The second-order valence-corrected chi connectivity index (χ2v) is 9.24. The van der Waals surface area contributed by atoms with Crippen LogP contribution in [0.15, 0.2) is 52.7 Å². The number of ketones is 1. The molecule has 1 fully saturated rings. The van der Waals surface area contributed by atoms with E-state index in [9.17, 15) is 14.7 Å². The lowest BCUT2D eigenvalue weighted by Crippen LogP contribution is -2.28. The zero-order valence-corrected chi connectivity index (χ0v) is 18.6. The van der Waals surface area contributed by atoms with Gasteiger partial charge in [0.05, 0.1) is 24.8 Å². The Balaban J connectivity index is 1.92. The van der Waals surface area contributed by atoms with Gasteiger partial charge >= 0.3 is 0 Å². The molecule has 1 N–H and O–H groups in total. The van der Waals surface area contributed by atoms with Crippen LogP contribution in [0.25, 0.3) is 5.76 Å². The highest BCUT2D eigenvalue weighted by Crippen LogP contribution is 2.44. The van der Waals surface area contributed by atoms with Crippen LogP contribution in [0.4, 0.5) is 0 Å². The Hall–Kier alpha value is -2.61. The van der Waals surface area contributed by atoms with E-state index in [1.807, 2.05) is 35.9 Å². The first-order chi connectivity index (χ1) is 14.4. The van der Waals surface area contributed by atoms with E-state index in [0.717, 1.165) is 15.3 Å². The Kier molecular flexibility index (Phi) is 5.69. The van der Waals surface area contributed by atoms with Gasteiger partial charge in [-0.1, -0.05) is 17.7 Å². The molecular formula is C22H18ClNO4S2. The number of hydrogen-bond acceptors (Lipinski definition) is 6. The molecule has 3 aromatic rings. The number of likely N-dealkylation sites (tertiary alicyclic amines) is 1. The molecule has 0 radical (unpaired) electrons. The zero-order chi connectivity index (χ0) is 21.4. The number of Topliss-reactive ketones (excluding diaryl/α,β-unsaturated/α-hetero) is 1. The number of nitrogens with zero attached hydrogens (tertiary/aromatic N) is 1. The van der Waals surface area contributed by atoms with Gasteiger partial charge in [-0.25, -0.2) is 0 Å². The highest BCUT2D eigenvalue weighted by atomic mass is 35.5. The van der Waals surface area contributed by atoms with E-state index in [1.54, 1.807) is 12.1 Å². The van der Waals surface area contributed by atoms with E-state index in [2.05, 4.69) is 0 Å². The van der Waals surface area contributed by atoms with Crippen LogP contribution in [0.1, 0.15) is 26.9 Å². The van der Waals surface area contributed by atoms with Crippen molar-refractivity contribution < 1.29 is 19.4 Å². The van der Waals surface area contributed by atoms with E-state index >= 15 is 0 Å². The number of carbonyl (C=O) groups is 2. The maximum absolute atomic E-state index is 13.1. The van der Waals surface area contributed by atoms with Crippen LogP contribution in [-0.4, -0.2) is 28.8 Å². The summed E-state index contributed by atoms with van der Waals surface area (Å²) in [4.78, 5) is 29.4. The van der Waals surface area contributed by atoms with Gasteiger partial charge in [-0.2, -0.15) is 0 Å². The van der Waals surface area contributed by atoms with Crippen molar-refractivity contribution in [1.29, 1.82) is 0 Å². The van der Waals surface area contributed by atoms with Gasteiger partial charge in [0, 0.05) is 14.8 Å². The van der Waals surface area contributed by atoms with Gasteiger partial charge in [0.15, 0.2) is 0 Å². The molecule has 1 amide bonds. The summed E-state index contributed by atoms with van der Waals surface area (Å²) in [6.07, 6.45) is 0. The van der Waals surface area contributed by atoms with Crippen molar-refractivity contribution >= 4 is 51.7 Å². The highest BCUT2D eigenvalue weighted by molar-refractivity contribution is 7.10. The average molecular weight is 460 g/mol. The van der Waals surface area contributed by atoms with Crippen LogP contribution in [0.3, 0.4) is 0 Å². The molecule has 0 bridgehead atoms. The average Bonchev–Trinajstić information content (AvgIpc) is 3.45. The Morgan fingerprint density at radius 3 is 2.63 bits per heavy atom. The van der Waals surface area contributed by atoms with Gasteiger partial charge in [0.25, 0.3) is 11.7 Å². The molecule has 1 unspecified atom stereocenters. The fraction of sp³-hybridized carbons (Fsp3) is 0.182. The number of hydrogen-bond donors (Lipinski definition) is 1. The molecule has 0 spiro atoms. The number of aliphatic hydroxyl groups is 1. The van der Waals surface area contributed by atoms with Crippen LogP contribution in [0.2, 0.25) is 5.02 Å². The number of rotatable bonds is 5. The van der Waals surface area contributed by atoms with E-state index < -0.39 is 17.7 Å². The number of thiophene rings is 2. The molecular weight excluding hydrogens is 442 g/mol. The normalized spacial score (nSPS) is 18.2. The van der Waals surface area contributed by atoms with Crippen LogP contribution in [0.5, 0.6) is 5.75 Å². The fourth-order valence-electron chi connectivity index (χ4n) is 3.56. The second kappa shape index (κ2) is 8.26. The molecule has 0 saturated carbocycles. The lowest BCUT2D eigenvalue weighted by molar-refractivity contribution is -0.140. The number of amides is 1. The largest absolute Gasteiger partial charge is 0.507 e. The molecule has 1 atom stereocenters. The summed E-state index contributed by atoms with van der Waals surface area (Å²) in [5.74, 6) is -1.28. The molecule has 3 heterocycles. The summed E-state index contributed by atoms with van der Waals surface area (Å²) in [6.45, 7) is 2.21. The summed E-state index contributed by atoms with van der Waals surface area (Å²) in [7, 11) is 1.47. The third kappa shape index (κ3) is 3.53. The minimum Gasteiger partial charge on any atom is -0.507 e. The van der Waals surface area contributed by atoms with Gasteiger partial charge in [-0.05, 0) is 53.6 Å². The molecule has 2 aromatic heterocycles. The molecule has 4 rings (SSSR count). The maximum Gasteiger partial charge on any atom is 0.296 e. The number of carbonyl (C=O) groups excluding carboxylic acids is 2. The molecule has 0 aliphatic carbocycles. The minimum absolute atomic E-state index is 0.0441. The number of ether oxygens (including phenoxy) is 1. The van der Waals surface area contributed by atoms with Crippen molar-refractivity contribution in [2.45, 2.75) is 19.5 Å². The molecule has 1 aromatic carbocycles. The third-order valence-corrected chi connectivity index (χ3v) is 7.18. The first-order valence-corrected chi connectivity index (χ1v) is 11.2. The number of halogens is 1. The van der Waals surface area contributed by atoms with Crippen molar-refractivity contribution in [3.63, 3.8) is 0 Å². The predicted molar refractivity (Wildman–Crippen MR) is 119 cm³/mol. The maximum atomic E-state index is 13.1. The van der Waals surface area contributed by atoms with Crippen LogP contribution in [-0.2, 0) is 16.1 Å². The van der Waals surface area contributed by atoms with Crippen molar-refractivity contribution in [1.82, 2.24) is 4.90 Å². The third-order valence-electron chi connectivity index (χ3n) is 5.01. The quantitative estimate of drug-likeness (QED) is 0.315. The molecule has 154 valence electrons. The highest BCUT2D eigenvalue weighted by Gasteiger charge is 2.47. The Bertz CT molecular complexity index is 1150. The van der Waals surface area contributed by atoms with Gasteiger partial charge in [0.1, 0.15) is 17.6 Å². The fourth-order valence-corrected chi connectivity index (χ4v) is 5.48. The van der Waals surface area contributed by atoms with Gasteiger partial charge in [0.2, 0.25) is 0 Å². The van der Waals surface area contributed by atoms with Crippen LogP contribution >= 0.6 is 34.3 Å². The van der Waals surface area contributed by atoms with E-state index in [0.29, 0.717) is 10.8 Å². The van der Waals surface area contributed by atoms with Gasteiger partial charge in [-0.15, -0.1) is 22.7 Å². The van der Waals surface area contributed by atoms with Gasteiger partial charge < -0.3 is 14.7 Å².